The van der Waals surface area contributed by atoms with Crippen LogP contribution in [0.3, 0.4) is 0 Å². The van der Waals surface area contributed by atoms with E-state index in [1.54, 1.807) is 34.6 Å². The summed E-state index contributed by atoms with van der Waals surface area (Å²) in [5, 5.41) is 0. The quantitative estimate of drug-likeness (QED) is 0.785. The van der Waals surface area contributed by atoms with Crippen molar-refractivity contribution in [2.24, 2.45) is 5.41 Å². The second-order valence-corrected chi connectivity index (χ2v) is 7.58. The third kappa shape index (κ3) is 4.18. The van der Waals surface area contributed by atoms with Gasteiger partial charge in [-0.05, 0) is 40.2 Å². The summed E-state index contributed by atoms with van der Waals surface area (Å²) in [6, 6.07) is 8.66. The van der Waals surface area contributed by atoms with Crippen LogP contribution in [0, 0.1) is 5.41 Å². The van der Waals surface area contributed by atoms with E-state index in [2.05, 4.69) is 0 Å². The summed E-state index contributed by atoms with van der Waals surface area (Å²) in [4.78, 5) is 38.2. The molecule has 136 valence electrons. The smallest absolute Gasteiger partial charge is 0.417 e. The standard InChI is InChI=1S/C19H25NO5/c1-13-19(5,16(22)24-12-14-9-7-6-8-10-14)11-15(21)20(13)17(23)25-18(2,3)4/h6-10,13H,11-12H2,1-5H3/t13-,19+/m1/s1. The first-order valence-corrected chi connectivity index (χ1v) is 8.31. The van der Waals surface area contributed by atoms with Crippen LogP contribution < -0.4 is 0 Å². The molecule has 2 atom stereocenters. The first-order chi connectivity index (χ1) is 11.5. The van der Waals surface area contributed by atoms with Crippen molar-refractivity contribution < 1.29 is 23.9 Å². The molecule has 0 unspecified atom stereocenters. The summed E-state index contributed by atoms with van der Waals surface area (Å²) in [5.74, 6) is -0.927. The van der Waals surface area contributed by atoms with Gasteiger partial charge in [0.25, 0.3) is 0 Å². The van der Waals surface area contributed by atoms with E-state index in [9.17, 15) is 14.4 Å². The van der Waals surface area contributed by atoms with Gasteiger partial charge >= 0.3 is 12.1 Å². The Hall–Kier alpha value is -2.37. The van der Waals surface area contributed by atoms with Crippen molar-refractivity contribution in [3.8, 4) is 0 Å². The molecule has 6 heteroatoms. The predicted octanol–water partition coefficient (Wildman–Crippen LogP) is 3.29. The third-order valence-electron chi connectivity index (χ3n) is 4.37. The minimum Gasteiger partial charge on any atom is -0.460 e. The van der Waals surface area contributed by atoms with Crippen molar-refractivity contribution in [1.82, 2.24) is 4.90 Å². The lowest BCUT2D eigenvalue weighted by molar-refractivity contribution is -0.157. The Kier molecular flexibility index (Phi) is 5.20. The van der Waals surface area contributed by atoms with Gasteiger partial charge in [-0.2, -0.15) is 0 Å². The molecular formula is C19H25NO5. The number of carbonyl (C=O) groups is 3. The highest BCUT2D eigenvalue weighted by molar-refractivity contribution is 5.99. The normalized spacial score (nSPS) is 23.5. The molecule has 0 aliphatic carbocycles. The maximum Gasteiger partial charge on any atom is 0.417 e. The molecule has 0 N–H and O–H groups in total. The van der Waals surface area contributed by atoms with Crippen molar-refractivity contribution in [2.75, 3.05) is 0 Å². The van der Waals surface area contributed by atoms with Gasteiger partial charge in [-0.3, -0.25) is 9.59 Å². The van der Waals surface area contributed by atoms with E-state index >= 15 is 0 Å². The van der Waals surface area contributed by atoms with Crippen molar-refractivity contribution in [3.63, 3.8) is 0 Å². The highest BCUT2D eigenvalue weighted by Crippen LogP contribution is 2.39. The van der Waals surface area contributed by atoms with E-state index in [-0.39, 0.29) is 13.0 Å². The lowest BCUT2D eigenvalue weighted by Crippen LogP contribution is -2.46. The van der Waals surface area contributed by atoms with E-state index < -0.39 is 35.0 Å². The summed E-state index contributed by atoms with van der Waals surface area (Å²) >= 11 is 0. The minimum absolute atomic E-state index is 0.0823. The fourth-order valence-electron chi connectivity index (χ4n) is 2.75. The van der Waals surface area contributed by atoms with Gasteiger partial charge in [0, 0.05) is 6.42 Å². The average Bonchev–Trinajstić information content (AvgIpc) is 2.74. The topological polar surface area (TPSA) is 72.9 Å². The Balaban J connectivity index is 2.08. The number of ether oxygens (including phenoxy) is 2. The summed E-state index contributed by atoms with van der Waals surface area (Å²) in [6.45, 7) is 8.62. The van der Waals surface area contributed by atoms with E-state index in [4.69, 9.17) is 9.47 Å². The van der Waals surface area contributed by atoms with E-state index in [0.717, 1.165) is 10.5 Å². The van der Waals surface area contributed by atoms with Crippen LogP contribution in [0.15, 0.2) is 30.3 Å². The third-order valence-corrected chi connectivity index (χ3v) is 4.37. The molecule has 2 amide bonds. The molecule has 6 nitrogen and oxygen atoms in total. The van der Waals surface area contributed by atoms with E-state index in [1.807, 2.05) is 30.3 Å². The van der Waals surface area contributed by atoms with E-state index in [1.165, 1.54) is 0 Å². The molecule has 0 aromatic heterocycles. The van der Waals surface area contributed by atoms with Gasteiger partial charge in [-0.1, -0.05) is 30.3 Å². The zero-order valence-corrected chi connectivity index (χ0v) is 15.4. The second kappa shape index (κ2) is 6.86. The van der Waals surface area contributed by atoms with Crippen LogP contribution in [0.4, 0.5) is 4.79 Å². The lowest BCUT2D eigenvalue weighted by Gasteiger charge is -2.30. The van der Waals surface area contributed by atoms with Crippen LogP contribution in [0.5, 0.6) is 0 Å². The Morgan fingerprint density at radius 1 is 1.24 bits per heavy atom. The van der Waals surface area contributed by atoms with Crippen LogP contribution in [0.1, 0.15) is 46.6 Å². The number of hydrogen-bond donors (Lipinski definition) is 0. The maximum atomic E-state index is 12.6. The predicted molar refractivity (Wildman–Crippen MR) is 91.5 cm³/mol. The molecule has 1 heterocycles. The maximum absolute atomic E-state index is 12.6. The number of nitrogens with zero attached hydrogens (tertiary/aromatic N) is 1. The molecule has 1 fully saturated rings. The van der Waals surface area contributed by atoms with Crippen molar-refractivity contribution >= 4 is 18.0 Å². The SMILES string of the molecule is C[C@H]1N(C(=O)OC(C)(C)C)C(=O)C[C@]1(C)C(=O)OCc1ccccc1. The Morgan fingerprint density at radius 3 is 2.40 bits per heavy atom. The molecular weight excluding hydrogens is 322 g/mol. The van der Waals surface area contributed by atoms with Gasteiger partial charge in [-0.15, -0.1) is 0 Å². The highest BCUT2D eigenvalue weighted by atomic mass is 16.6. The number of esters is 1. The number of likely N-dealkylation sites (tertiary alicyclic amines) is 1. The molecule has 0 bridgehead atoms. The van der Waals surface area contributed by atoms with E-state index in [0.29, 0.717) is 0 Å². The van der Waals surface area contributed by atoms with Crippen molar-refractivity contribution in [1.29, 1.82) is 0 Å². The number of amides is 2. The summed E-state index contributed by atoms with van der Waals surface area (Å²) in [7, 11) is 0. The molecule has 0 spiro atoms. The van der Waals surface area contributed by atoms with Crippen LogP contribution in [0.2, 0.25) is 0 Å². The number of benzene rings is 1. The minimum atomic E-state index is -1.09. The molecule has 1 aromatic carbocycles. The zero-order chi connectivity index (χ0) is 18.8. The van der Waals surface area contributed by atoms with Crippen molar-refractivity contribution in [3.05, 3.63) is 35.9 Å². The monoisotopic (exact) mass is 347 g/mol. The van der Waals surface area contributed by atoms with Crippen LogP contribution in [-0.2, 0) is 25.7 Å². The van der Waals surface area contributed by atoms with Gasteiger partial charge in [0.15, 0.2) is 0 Å². The summed E-state index contributed by atoms with van der Waals surface area (Å²) in [5.41, 5.74) is -0.951. The fraction of sp³-hybridized carbons (Fsp3) is 0.526. The average molecular weight is 347 g/mol. The molecule has 1 aliphatic heterocycles. The molecule has 1 aliphatic rings. The molecule has 1 saturated heterocycles. The van der Waals surface area contributed by atoms with Gasteiger partial charge < -0.3 is 9.47 Å². The van der Waals surface area contributed by atoms with Crippen molar-refractivity contribution in [2.45, 2.75) is 59.3 Å². The molecule has 1 aromatic rings. The van der Waals surface area contributed by atoms with Gasteiger partial charge in [0.2, 0.25) is 5.91 Å². The van der Waals surface area contributed by atoms with Crippen LogP contribution in [-0.4, -0.2) is 34.5 Å². The molecule has 25 heavy (non-hydrogen) atoms. The number of hydrogen-bond acceptors (Lipinski definition) is 5. The van der Waals surface area contributed by atoms with Crippen LogP contribution in [0.25, 0.3) is 0 Å². The lowest BCUT2D eigenvalue weighted by atomic mass is 9.83. The van der Waals surface area contributed by atoms with Crippen LogP contribution >= 0.6 is 0 Å². The molecule has 0 radical (unpaired) electrons. The zero-order valence-electron chi connectivity index (χ0n) is 15.4. The van der Waals surface area contributed by atoms with Gasteiger partial charge in [0.05, 0.1) is 11.5 Å². The summed E-state index contributed by atoms with van der Waals surface area (Å²) < 4.78 is 10.7. The Bertz CT molecular complexity index is 664. The first kappa shape index (κ1) is 19.0. The number of imide groups is 1. The fourth-order valence-corrected chi connectivity index (χ4v) is 2.75. The second-order valence-electron chi connectivity index (χ2n) is 7.58. The van der Waals surface area contributed by atoms with Gasteiger partial charge in [0.1, 0.15) is 12.2 Å². The molecule has 0 saturated carbocycles. The number of carbonyl (C=O) groups excluding carboxylic acids is 3. The highest BCUT2D eigenvalue weighted by Gasteiger charge is 2.55. The van der Waals surface area contributed by atoms with Gasteiger partial charge in [-0.25, -0.2) is 9.69 Å². The Morgan fingerprint density at radius 2 is 1.84 bits per heavy atom. The summed E-state index contributed by atoms with van der Waals surface area (Å²) in [6.07, 6.45) is -0.814. The first-order valence-electron chi connectivity index (χ1n) is 8.31. The largest absolute Gasteiger partial charge is 0.460 e. The number of rotatable bonds is 3. The molecule has 2 rings (SSSR count). The Labute approximate surface area is 148 Å².